The predicted molar refractivity (Wildman–Crippen MR) is 238 cm³/mol. The zero-order valence-corrected chi connectivity index (χ0v) is 37.8. The van der Waals surface area contributed by atoms with Crippen LogP contribution in [0.3, 0.4) is 0 Å². The van der Waals surface area contributed by atoms with Gasteiger partial charge in [-0.25, -0.2) is 0 Å². The van der Waals surface area contributed by atoms with Gasteiger partial charge in [-0.05, 0) is 112 Å². The van der Waals surface area contributed by atoms with Gasteiger partial charge in [-0.1, -0.05) is 26.0 Å². The molecule has 2 aliphatic heterocycles. The number of fused-ring (bicyclic) bond motifs is 5. The monoisotopic (exact) mass is 875 g/mol. The van der Waals surface area contributed by atoms with E-state index >= 15 is 0 Å². The number of rotatable bonds is 16. The van der Waals surface area contributed by atoms with E-state index in [-0.39, 0.29) is 44.2 Å². The van der Waals surface area contributed by atoms with Crippen molar-refractivity contribution in [2.75, 3.05) is 39.9 Å². The smallest absolute Gasteiger partial charge is 0.481 e. The molecule has 2 heterocycles. The Bertz CT molecular complexity index is 2020. The number of hydrogen-bond acceptors (Lipinski definition) is 12. The highest BCUT2D eigenvalue weighted by atomic mass is 16.7. The summed E-state index contributed by atoms with van der Waals surface area (Å²) in [5.41, 5.74) is 19.3. The molecule has 4 fully saturated rings. The predicted octanol–water partition coefficient (Wildman–Crippen LogP) is 1.48. The van der Waals surface area contributed by atoms with E-state index in [0.29, 0.717) is 71.4 Å². The molecule has 0 aromatic heterocycles. The first-order valence-corrected chi connectivity index (χ1v) is 22.3. The van der Waals surface area contributed by atoms with Crippen LogP contribution in [0.15, 0.2) is 36.4 Å². The summed E-state index contributed by atoms with van der Waals surface area (Å²) >= 11 is 0. The van der Waals surface area contributed by atoms with Gasteiger partial charge in [-0.15, -0.1) is 0 Å². The molecule has 3 aliphatic carbocycles. The first kappa shape index (κ1) is 47.7. The average Bonchev–Trinajstić information content (AvgIpc) is 3.61. The lowest BCUT2D eigenvalue weighted by Gasteiger charge is -2.64. The van der Waals surface area contributed by atoms with Crippen molar-refractivity contribution in [2.24, 2.45) is 34.5 Å². The molecule has 5 aliphatic rings. The standard InChI is InChI=1S/C45H67BN8O9/c1-25-40(56)53-34(41(57)51-26(2)46-62-38-24-30-23-37(44(30,4)5)45(38,6)63-46)21-28-11-13-35(60-18-16-48)31(20-28)32-22-29(12-14-36(32)61-19-17-49)39(42(58)50-25)54(7)43(59)33(52-27(3)55)10-8-9-15-47/h11-14,20,22,25-26,30,33-34,37-39H,8-10,15-19,21,23-24,47-49H2,1-7H3,(H,50,58)(H,51,57)(H,52,55)(H,53,56). The van der Waals surface area contributed by atoms with E-state index in [1.807, 2.05) is 19.1 Å². The maximum Gasteiger partial charge on any atom is 0.481 e. The van der Waals surface area contributed by atoms with E-state index in [0.717, 1.165) is 12.8 Å². The maximum atomic E-state index is 14.6. The van der Waals surface area contributed by atoms with Gasteiger partial charge in [0.15, 0.2) is 0 Å². The molecule has 0 spiro atoms. The molecule has 5 amide bonds. The van der Waals surface area contributed by atoms with Gasteiger partial charge in [0.05, 0.1) is 17.6 Å². The summed E-state index contributed by atoms with van der Waals surface area (Å²) in [4.78, 5) is 70.8. The number of nitrogens with one attached hydrogen (secondary N) is 4. The van der Waals surface area contributed by atoms with Crippen molar-refractivity contribution in [3.8, 4) is 22.6 Å². The Morgan fingerprint density at radius 3 is 2.22 bits per heavy atom. The molecular weight excluding hydrogens is 807 g/mol. The third-order valence-corrected chi connectivity index (χ3v) is 13.6. The maximum absolute atomic E-state index is 14.6. The van der Waals surface area contributed by atoms with Crippen molar-refractivity contribution in [3.05, 3.63) is 47.5 Å². The number of benzene rings is 2. The number of nitrogens with zero attached hydrogens (tertiary/aromatic N) is 1. The lowest BCUT2D eigenvalue weighted by molar-refractivity contribution is -0.199. The van der Waals surface area contributed by atoms with Crippen molar-refractivity contribution in [1.82, 2.24) is 26.2 Å². The van der Waals surface area contributed by atoms with Crippen LogP contribution < -0.4 is 47.9 Å². The molecule has 17 nitrogen and oxygen atoms in total. The van der Waals surface area contributed by atoms with Crippen molar-refractivity contribution < 1.29 is 42.8 Å². The van der Waals surface area contributed by atoms with Crippen LogP contribution in [0.4, 0.5) is 0 Å². The van der Waals surface area contributed by atoms with Crippen LogP contribution in [0.5, 0.6) is 11.5 Å². The topological polar surface area (TPSA) is 252 Å². The number of carbonyl (C=O) groups is 5. The molecule has 344 valence electrons. The third-order valence-electron chi connectivity index (χ3n) is 13.6. The highest BCUT2D eigenvalue weighted by Gasteiger charge is 2.68. The van der Waals surface area contributed by atoms with E-state index in [4.69, 9.17) is 36.0 Å². The molecule has 63 heavy (non-hydrogen) atoms. The highest BCUT2D eigenvalue weighted by molar-refractivity contribution is 6.47. The molecule has 6 bridgehead atoms. The normalized spacial score (nSPS) is 27.0. The van der Waals surface area contributed by atoms with E-state index in [1.165, 1.54) is 25.8 Å². The molecule has 2 aromatic carbocycles. The quantitative estimate of drug-likeness (QED) is 0.0936. The van der Waals surface area contributed by atoms with Crippen LogP contribution in [0.2, 0.25) is 0 Å². The van der Waals surface area contributed by atoms with Gasteiger partial charge < -0.3 is 62.2 Å². The van der Waals surface area contributed by atoms with Crippen molar-refractivity contribution in [1.29, 1.82) is 0 Å². The van der Waals surface area contributed by atoms with Gasteiger partial charge in [0.25, 0.3) is 0 Å². The summed E-state index contributed by atoms with van der Waals surface area (Å²) in [5, 5.41) is 11.5. The highest BCUT2D eigenvalue weighted by Crippen LogP contribution is 2.65. The Balaban J connectivity index is 1.37. The molecule has 7 rings (SSSR count). The number of nitrogens with two attached hydrogens (primary N) is 3. The van der Waals surface area contributed by atoms with Gasteiger partial charge in [0.1, 0.15) is 48.9 Å². The Morgan fingerprint density at radius 1 is 0.921 bits per heavy atom. The molecule has 9 unspecified atom stereocenters. The summed E-state index contributed by atoms with van der Waals surface area (Å²) in [6, 6.07) is 6.03. The second-order valence-corrected chi connectivity index (χ2v) is 18.4. The molecule has 0 radical (unpaired) electrons. The summed E-state index contributed by atoms with van der Waals surface area (Å²) in [5.74, 6) is -1.51. The summed E-state index contributed by atoms with van der Waals surface area (Å²) < 4.78 is 25.4. The van der Waals surface area contributed by atoms with Gasteiger partial charge in [-0.2, -0.15) is 0 Å². The van der Waals surface area contributed by atoms with Crippen molar-refractivity contribution in [3.63, 3.8) is 0 Å². The van der Waals surface area contributed by atoms with Gasteiger partial charge in [0, 0.05) is 44.6 Å². The van der Waals surface area contributed by atoms with Crippen LogP contribution in [0.25, 0.3) is 11.1 Å². The number of hydrogen-bond donors (Lipinski definition) is 7. The minimum absolute atomic E-state index is 0.0625. The first-order valence-electron chi connectivity index (χ1n) is 22.3. The van der Waals surface area contributed by atoms with Crippen LogP contribution >= 0.6 is 0 Å². The second kappa shape index (κ2) is 20.0. The number of likely N-dealkylation sites (N-methyl/N-ethyl adjacent to an activating group) is 1. The lowest BCUT2D eigenvalue weighted by atomic mass is 9.43. The van der Waals surface area contributed by atoms with E-state index in [2.05, 4.69) is 42.0 Å². The van der Waals surface area contributed by atoms with Gasteiger partial charge >= 0.3 is 7.12 Å². The summed E-state index contributed by atoms with van der Waals surface area (Å²) in [6.07, 6.45) is 3.43. The van der Waals surface area contributed by atoms with Gasteiger partial charge in [0.2, 0.25) is 29.5 Å². The van der Waals surface area contributed by atoms with E-state index in [9.17, 15) is 24.0 Å². The minimum atomic E-state index is -1.30. The molecule has 1 saturated heterocycles. The molecular formula is C45H67BN8O9. The zero-order chi connectivity index (χ0) is 45.8. The molecule has 9 atom stereocenters. The SMILES string of the molecule is CC(=O)NC(CCCCN)C(=O)N(C)C1C(=O)NC(C)C(=O)NC(C(=O)NC(C)B2OC3CC4CC(C4(C)C)C3(C)O2)Cc2ccc(OCCN)c(c2)-c2cc1ccc2OCCN. The largest absolute Gasteiger partial charge is 0.492 e. The number of ether oxygens (including phenoxy) is 2. The van der Waals surface area contributed by atoms with Crippen molar-refractivity contribution in [2.45, 2.75) is 122 Å². The Hall–Kier alpha value is -4.75. The Kier molecular flexibility index (Phi) is 15.1. The average molecular weight is 875 g/mol. The van der Waals surface area contributed by atoms with Crippen LogP contribution in [0, 0.1) is 17.3 Å². The fraction of sp³-hybridized carbons (Fsp3) is 0.622. The Morgan fingerprint density at radius 2 is 1.59 bits per heavy atom. The first-order chi connectivity index (χ1) is 29.9. The van der Waals surface area contributed by atoms with E-state index in [1.54, 1.807) is 24.3 Å². The fourth-order valence-corrected chi connectivity index (χ4v) is 9.96. The van der Waals surface area contributed by atoms with Crippen LogP contribution in [-0.2, 0) is 39.7 Å². The van der Waals surface area contributed by atoms with Crippen molar-refractivity contribution >= 4 is 36.7 Å². The summed E-state index contributed by atoms with van der Waals surface area (Å²) in [7, 11) is 0.782. The number of carbonyl (C=O) groups excluding carboxylic acids is 5. The zero-order valence-electron chi connectivity index (χ0n) is 37.8. The number of amides is 5. The Labute approximate surface area is 371 Å². The summed E-state index contributed by atoms with van der Waals surface area (Å²) in [6.45, 7) is 12.6. The molecule has 18 heteroatoms. The minimum Gasteiger partial charge on any atom is -0.492 e. The van der Waals surface area contributed by atoms with Gasteiger partial charge in [-0.3, -0.25) is 24.0 Å². The van der Waals surface area contributed by atoms with E-state index < -0.39 is 72.4 Å². The third kappa shape index (κ3) is 10.1. The van der Waals surface area contributed by atoms with Crippen LogP contribution in [0.1, 0.15) is 90.8 Å². The fourth-order valence-electron chi connectivity index (χ4n) is 9.96. The lowest BCUT2D eigenvalue weighted by Crippen LogP contribution is -2.65. The second-order valence-electron chi connectivity index (χ2n) is 18.4. The van der Waals surface area contributed by atoms with Crippen LogP contribution in [-0.4, -0.2) is 117 Å². The molecule has 3 saturated carbocycles. The molecule has 10 N–H and O–H groups in total. The number of unbranched alkanes of at least 4 members (excludes halogenated alkanes) is 1. The molecule has 2 aromatic rings.